The highest BCUT2D eigenvalue weighted by Gasteiger charge is 2.11. The van der Waals surface area contributed by atoms with E-state index in [4.69, 9.17) is 21.4 Å². The molecule has 0 amide bonds. The van der Waals surface area contributed by atoms with Crippen LogP contribution in [0, 0.1) is 6.92 Å². The number of ether oxygens (including phenoxy) is 1. The molecule has 1 N–H and O–H groups in total. The average Bonchev–Trinajstić information content (AvgIpc) is 2.37. The van der Waals surface area contributed by atoms with Crippen molar-refractivity contribution in [1.29, 1.82) is 0 Å². The van der Waals surface area contributed by atoms with Crippen molar-refractivity contribution in [3.05, 3.63) is 52.5 Å². The van der Waals surface area contributed by atoms with E-state index in [-0.39, 0.29) is 10.6 Å². The minimum Gasteiger partial charge on any atom is -0.497 e. The van der Waals surface area contributed by atoms with E-state index < -0.39 is 5.97 Å². The van der Waals surface area contributed by atoms with Crippen molar-refractivity contribution in [1.82, 2.24) is 0 Å². The molecule has 2 rings (SSSR count). The first-order chi connectivity index (χ1) is 9.02. The van der Waals surface area contributed by atoms with E-state index in [1.165, 1.54) is 6.07 Å². The van der Waals surface area contributed by atoms with E-state index in [0.717, 1.165) is 22.4 Å². The second-order valence-electron chi connectivity index (χ2n) is 4.18. The van der Waals surface area contributed by atoms with Crippen molar-refractivity contribution in [3.63, 3.8) is 0 Å². The molecular formula is C15H13ClO3. The molecule has 2 aromatic carbocycles. The summed E-state index contributed by atoms with van der Waals surface area (Å²) in [5.74, 6) is -0.238. The van der Waals surface area contributed by atoms with E-state index in [0.29, 0.717) is 0 Å². The Morgan fingerprint density at radius 2 is 1.95 bits per heavy atom. The van der Waals surface area contributed by atoms with Crippen LogP contribution in [-0.4, -0.2) is 18.2 Å². The fourth-order valence-electron chi connectivity index (χ4n) is 1.94. The highest BCUT2D eigenvalue weighted by Crippen LogP contribution is 2.30. The molecule has 4 heteroatoms. The number of benzene rings is 2. The lowest BCUT2D eigenvalue weighted by molar-refractivity contribution is 0.0697. The van der Waals surface area contributed by atoms with Crippen LogP contribution in [-0.2, 0) is 0 Å². The summed E-state index contributed by atoms with van der Waals surface area (Å²) in [5.41, 5.74) is 3.03. The Bertz CT molecular complexity index is 635. The van der Waals surface area contributed by atoms with E-state index in [9.17, 15) is 4.79 Å². The second kappa shape index (κ2) is 5.33. The van der Waals surface area contributed by atoms with Crippen LogP contribution in [0.2, 0.25) is 5.02 Å². The Kier molecular flexibility index (Phi) is 3.76. The third kappa shape index (κ3) is 2.71. The van der Waals surface area contributed by atoms with Crippen LogP contribution in [0.3, 0.4) is 0 Å². The molecule has 0 fully saturated rings. The van der Waals surface area contributed by atoms with Crippen molar-refractivity contribution in [2.45, 2.75) is 6.92 Å². The summed E-state index contributed by atoms with van der Waals surface area (Å²) >= 11 is 5.98. The molecule has 0 heterocycles. The van der Waals surface area contributed by atoms with Gasteiger partial charge >= 0.3 is 5.97 Å². The lowest BCUT2D eigenvalue weighted by atomic mass is 9.99. The first kappa shape index (κ1) is 13.4. The maximum Gasteiger partial charge on any atom is 0.337 e. The van der Waals surface area contributed by atoms with Crippen LogP contribution in [0.4, 0.5) is 0 Å². The van der Waals surface area contributed by atoms with Crippen molar-refractivity contribution < 1.29 is 14.6 Å². The van der Waals surface area contributed by atoms with E-state index in [2.05, 4.69) is 0 Å². The van der Waals surface area contributed by atoms with Gasteiger partial charge in [0.05, 0.1) is 17.7 Å². The molecule has 0 unspecified atom stereocenters. The predicted molar refractivity (Wildman–Crippen MR) is 75.1 cm³/mol. The van der Waals surface area contributed by atoms with E-state index in [1.54, 1.807) is 19.2 Å². The SMILES string of the molecule is COc1ccc(-c2ccc(C(=O)O)c(Cl)c2)c(C)c1. The maximum absolute atomic E-state index is 10.9. The van der Waals surface area contributed by atoms with Crippen LogP contribution in [0.5, 0.6) is 5.75 Å². The first-order valence-electron chi connectivity index (χ1n) is 5.71. The van der Waals surface area contributed by atoms with Gasteiger partial charge in [-0.3, -0.25) is 0 Å². The van der Waals surface area contributed by atoms with Crippen molar-refractivity contribution in [2.24, 2.45) is 0 Å². The van der Waals surface area contributed by atoms with Gasteiger partial charge in [-0.1, -0.05) is 23.7 Å². The predicted octanol–water partition coefficient (Wildman–Crippen LogP) is 4.02. The third-order valence-electron chi connectivity index (χ3n) is 2.94. The highest BCUT2D eigenvalue weighted by atomic mass is 35.5. The van der Waals surface area contributed by atoms with Gasteiger partial charge in [-0.15, -0.1) is 0 Å². The molecule has 0 aromatic heterocycles. The van der Waals surface area contributed by atoms with Gasteiger partial charge in [-0.25, -0.2) is 4.79 Å². The number of hydrogen-bond acceptors (Lipinski definition) is 2. The Balaban J connectivity index is 2.48. The fraction of sp³-hybridized carbons (Fsp3) is 0.133. The molecule has 0 bridgehead atoms. The van der Waals surface area contributed by atoms with Gasteiger partial charge in [0.25, 0.3) is 0 Å². The summed E-state index contributed by atoms with van der Waals surface area (Å²) in [6.45, 7) is 1.97. The van der Waals surface area contributed by atoms with E-state index >= 15 is 0 Å². The molecule has 0 spiro atoms. The third-order valence-corrected chi connectivity index (χ3v) is 3.26. The summed E-state index contributed by atoms with van der Waals surface area (Å²) in [5, 5.41) is 9.19. The molecular weight excluding hydrogens is 264 g/mol. The Morgan fingerprint density at radius 3 is 2.47 bits per heavy atom. The van der Waals surface area contributed by atoms with Crippen LogP contribution in [0.1, 0.15) is 15.9 Å². The number of carboxylic acids is 1. The van der Waals surface area contributed by atoms with Crippen molar-refractivity contribution in [2.75, 3.05) is 7.11 Å². The number of carbonyl (C=O) groups is 1. The molecule has 0 aliphatic carbocycles. The normalized spacial score (nSPS) is 10.3. The van der Waals surface area contributed by atoms with Gasteiger partial charge in [-0.2, -0.15) is 0 Å². The smallest absolute Gasteiger partial charge is 0.337 e. The highest BCUT2D eigenvalue weighted by molar-refractivity contribution is 6.33. The minimum absolute atomic E-state index is 0.108. The van der Waals surface area contributed by atoms with Gasteiger partial charge < -0.3 is 9.84 Å². The maximum atomic E-state index is 10.9. The molecule has 0 aliphatic heterocycles. The molecule has 0 aliphatic rings. The number of methoxy groups -OCH3 is 1. The van der Waals surface area contributed by atoms with Crippen LogP contribution in [0.25, 0.3) is 11.1 Å². The molecule has 0 saturated heterocycles. The summed E-state index contributed by atoms with van der Waals surface area (Å²) in [7, 11) is 1.62. The quantitative estimate of drug-likeness (QED) is 0.921. The largest absolute Gasteiger partial charge is 0.497 e. The number of aryl methyl sites for hydroxylation is 1. The standard InChI is InChI=1S/C15H13ClO3/c1-9-7-11(19-2)4-6-12(9)10-3-5-13(15(17)18)14(16)8-10/h3-8H,1-2H3,(H,17,18). The number of halogens is 1. The summed E-state index contributed by atoms with van der Waals surface area (Å²) < 4.78 is 5.16. The second-order valence-corrected chi connectivity index (χ2v) is 4.59. The molecule has 3 nitrogen and oxygen atoms in total. The van der Waals surface area contributed by atoms with Crippen LogP contribution < -0.4 is 4.74 Å². The molecule has 19 heavy (non-hydrogen) atoms. The van der Waals surface area contributed by atoms with Gasteiger partial charge in [0.15, 0.2) is 0 Å². The molecule has 0 saturated carbocycles. The van der Waals surface area contributed by atoms with Crippen LogP contribution in [0.15, 0.2) is 36.4 Å². The fourth-order valence-corrected chi connectivity index (χ4v) is 2.20. The number of rotatable bonds is 3. The summed E-state index contributed by atoms with van der Waals surface area (Å²) in [4.78, 5) is 10.9. The lowest BCUT2D eigenvalue weighted by Crippen LogP contribution is -1.97. The Labute approximate surface area is 116 Å². The Hall–Kier alpha value is -2.00. The van der Waals surface area contributed by atoms with Crippen molar-refractivity contribution in [3.8, 4) is 16.9 Å². The Morgan fingerprint density at radius 1 is 1.21 bits per heavy atom. The van der Waals surface area contributed by atoms with Gasteiger partial charge in [-0.05, 0) is 47.9 Å². The number of hydrogen-bond donors (Lipinski definition) is 1. The molecule has 2 aromatic rings. The zero-order chi connectivity index (χ0) is 14.0. The topological polar surface area (TPSA) is 46.5 Å². The number of aromatic carboxylic acids is 1. The molecule has 0 radical (unpaired) electrons. The zero-order valence-electron chi connectivity index (χ0n) is 10.6. The van der Waals surface area contributed by atoms with Gasteiger partial charge in [0.2, 0.25) is 0 Å². The lowest BCUT2D eigenvalue weighted by Gasteiger charge is -2.09. The summed E-state index contributed by atoms with van der Waals surface area (Å²) in [6, 6.07) is 10.7. The van der Waals surface area contributed by atoms with E-state index in [1.807, 2.05) is 25.1 Å². The average molecular weight is 277 g/mol. The molecule has 0 atom stereocenters. The van der Waals surface area contributed by atoms with Crippen LogP contribution >= 0.6 is 11.6 Å². The van der Waals surface area contributed by atoms with Gasteiger partial charge in [0, 0.05) is 0 Å². The van der Waals surface area contributed by atoms with Gasteiger partial charge in [0.1, 0.15) is 5.75 Å². The number of carboxylic acid groups (broad SMARTS) is 1. The summed E-state index contributed by atoms with van der Waals surface area (Å²) in [6.07, 6.45) is 0. The molecule has 98 valence electrons. The monoisotopic (exact) mass is 276 g/mol. The first-order valence-corrected chi connectivity index (χ1v) is 6.08. The zero-order valence-corrected chi connectivity index (χ0v) is 11.4. The van der Waals surface area contributed by atoms with Crippen molar-refractivity contribution >= 4 is 17.6 Å². The minimum atomic E-state index is -1.02.